The van der Waals surface area contributed by atoms with E-state index in [4.69, 9.17) is 9.84 Å². The molecule has 1 aromatic rings. The smallest absolute Gasteiger partial charge is 0.303 e. The maximum absolute atomic E-state index is 10.6. The third-order valence-corrected chi connectivity index (χ3v) is 4.57. The third kappa shape index (κ3) is 5.41. The number of aromatic hydroxyl groups is 1. The van der Waals surface area contributed by atoms with Gasteiger partial charge in [0.05, 0.1) is 12.7 Å². The van der Waals surface area contributed by atoms with Crippen LogP contribution < -0.4 is 4.74 Å². The fourth-order valence-electron chi connectivity index (χ4n) is 2.73. The summed E-state index contributed by atoms with van der Waals surface area (Å²) in [7, 11) is 0. The summed E-state index contributed by atoms with van der Waals surface area (Å²) in [4.78, 5) is 10.6. The number of aliphatic carboxylic acids is 1. The third-order valence-electron chi connectivity index (χ3n) is 4.57. The number of carboxylic acid groups (broad SMARTS) is 1. The van der Waals surface area contributed by atoms with Crippen LogP contribution >= 0.6 is 0 Å². The normalized spacial score (nSPS) is 12.2. The second kappa shape index (κ2) is 9.52. The van der Waals surface area contributed by atoms with Crippen LogP contribution in [0.25, 0.3) is 0 Å². The van der Waals surface area contributed by atoms with Gasteiger partial charge in [0.2, 0.25) is 0 Å². The molecule has 0 aliphatic carbocycles. The van der Waals surface area contributed by atoms with E-state index in [2.05, 4.69) is 0 Å². The van der Waals surface area contributed by atoms with E-state index in [9.17, 15) is 15.0 Å². The van der Waals surface area contributed by atoms with E-state index in [1.807, 2.05) is 27.7 Å². The number of carbonyl (C=O) groups is 1. The Morgan fingerprint density at radius 1 is 1.12 bits per heavy atom. The molecular weight excluding hydrogens is 308 g/mol. The quantitative estimate of drug-likeness (QED) is 0.567. The largest absolute Gasteiger partial charge is 0.507 e. The van der Waals surface area contributed by atoms with Crippen molar-refractivity contribution in [3.63, 3.8) is 0 Å². The minimum absolute atomic E-state index is 0.144. The van der Waals surface area contributed by atoms with E-state index in [1.165, 1.54) is 0 Å². The number of phenols is 1. The number of aliphatic hydroxyl groups excluding tert-OH is 1. The molecule has 0 saturated heterocycles. The zero-order valence-electron chi connectivity index (χ0n) is 15.2. The van der Waals surface area contributed by atoms with Gasteiger partial charge in [-0.2, -0.15) is 0 Å². The summed E-state index contributed by atoms with van der Waals surface area (Å²) in [5, 5.41) is 28.8. The van der Waals surface area contributed by atoms with Crippen molar-refractivity contribution in [1.82, 2.24) is 0 Å². The first-order chi connectivity index (χ1) is 11.3. The van der Waals surface area contributed by atoms with Crippen molar-refractivity contribution >= 4 is 5.97 Å². The van der Waals surface area contributed by atoms with E-state index in [-0.39, 0.29) is 18.3 Å². The Morgan fingerprint density at radius 3 is 2.38 bits per heavy atom. The predicted molar refractivity (Wildman–Crippen MR) is 93.9 cm³/mol. The standard InChI is InChI=1S/C19H30O5/c1-5-15(20)9-10-16-14(4)18(23)12(2)13(3)19(16)24-11-7-6-8-17(21)22/h15,20,23H,5-11H2,1-4H3,(H,21,22). The molecule has 1 atom stereocenters. The van der Waals surface area contributed by atoms with E-state index in [0.717, 1.165) is 28.0 Å². The number of benzene rings is 1. The fraction of sp³-hybridized carbons (Fsp3) is 0.632. The second-order valence-corrected chi connectivity index (χ2v) is 6.33. The Kier molecular flexibility index (Phi) is 8.05. The molecule has 0 bridgehead atoms. The summed E-state index contributed by atoms with van der Waals surface area (Å²) in [6.45, 7) is 8.03. The molecule has 0 aliphatic rings. The van der Waals surface area contributed by atoms with Crippen molar-refractivity contribution in [3.8, 4) is 11.5 Å². The lowest BCUT2D eigenvalue weighted by atomic mass is 9.93. The lowest BCUT2D eigenvalue weighted by Crippen LogP contribution is -2.10. The summed E-state index contributed by atoms with van der Waals surface area (Å²) in [5.41, 5.74) is 3.42. The molecule has 0 fully saturated rings. The molecule has 24 heavy (non-hydrogen) atoms. The first kappa shape index (κ1) is 20.3. The highest BCUT2D eigenvalue weighted by atomic mass is 16.5. The molecule has 1 aromatic carbocycles. The molecule has 1 unspecified atom stereocenters. The van der Waals surface area contributed by atoms with Gasteiger partial charge in [-0.15, -0.1) is 0 Å². The van der Waals surface area contributed by atoms with E-state index in [0.29, 0.717) is 38.7 Å². The Hall–Kier alpha value is -1.75. The van der Waals surface area contributed by atoms with Gasteiger partial charge < -0.3 is 20.1 Å². The zero-order valence-corrected chi connectivity index (χ0v) is 15.2. The van der Waals surface area contributed by atoms with Gasteiger partial charge in [-0.25, -0.2) is 0 Å². The van der Waals surface area contributed by atoms with Crippen molar-refractivity contribution < 1.29 is 24.9 Å². The number of unbranched alkanes of at least 4 members (excludes halogenated alkanes) is 1. The second-order valence-electron chi connectivity index (χ2n) is 6.33. The van der Waals surface area contributed by atoms with Crippen molar-refractivity contribution in [1.29, 1.82) is 0 Å². The summed E-state index contributed by atoms with van der Waals surface area (Å²) in [6.07, 6.45) is 2.98. The van der Waals surface area contributed by atoms with Gasteiger partial charge in [0.15, 0.2) is 0 Å². The van der Waals surface area contributed by atoms with Crippen molar-refractivity contribution in [3.05, 3.63) is 22.3 Å². The maximum Gasteiger partial charge on any atom is 0.303 e. The summed E-state index contributed by atoms with van der Waals surface area (Å²) < 4.78 is 5.95. The first-order valence-corrected chi connectivity index (χ1v) is 8.63. The average molecular weight is 338 g/mol. The number of hydrogen-bond donors (Lipinski definition) is 3. The van der Waals surface area contributed by atoms with Gasteiger partial charge in [-0.3, -0.25) is 4.79 Å². The molecule has 0 saturated carbocycles. The molecule has 0 amide bonds. The molecule has 1 rings (SSSR count). The first-order valence-electron chi connectivity index (χ1n) is 8.63. The highest BCUT2D eigenvalue weighted by Crippen LogP contribution is 2.38. The molecule has 3 N–H and O–H groups in total. The van der Waals surface area contributed by atoms with Gasteiger partial charge in [0.1, 0.15) is 11.5 Å². The number of carboxylic acids is 1. The molecule has 0 radical (unpaired) electrons. The summed E-state index contributed by atoms with van der Waals surface area (Å²) >= 11 is 0. The lowest BCUT2D eigenvalue weighted by Gasteiger charge is -2.21. The van der Waals surface area contributed by atoms with E-state index < -0.39 is 5.97 Å². The Balaban J connectivity index is 2.91. The van der Waals surface area contributed by atoms with Crippen LogP contribution in [-0.2, 0) is 11.2 Å². The maximum atomic E-state index is 10.6. The molecule has 0 spiro atoms. The predicted octanol–water partition coefficient (Wildman–Crippen LogP) is 3.65. The fourth-order valence-corrected chi connectivity index (χ4v) is 2.73. The molecule has 5 heteroatoms. The minimum atomic E-state index is -0.795. The van der Waals surface area contributed by atoms with Gasteiger partial charge in [0, 0.05) is 12.0 Å². The molecular formula is C19H30O5. The zero-order chi connectivity index (χ0) is 18.3. The minimum Gasteiger partial charge on any atom is -0.507 e. The van der Waals surface area contributed by atoms with Crippen LogP contribution in [0.15, 0.2) is 0 Å². The van der Waals surface area contributed by atoms with Crippen LogP contribution in [0, 0.1) is 20.8 Å². The van der Waals surface area contributed by atoms with Crippen molar-refractivity contribution in [2.24, 2.45) is 0 Å². The van der Waals surface area contributed by atoms with E-state index >= 15 is 0 Å². The number of aliphatic hydroxyl groups is 1. The van der Waals surface area contributed by atoms with Gasteiger partial charge in [-0.1, -0.05) is 6.92 Å². The van der Waals surface area contributed by atoms with Crippen molar-refractivity contribution in [2.75, 3.05) is 6.61 Å². The van der Waals surface area contributed by atoms with Gasteiger partial charge in [-0.05, 0) is 69.6 Å². The summed E-state index contributed by atoms with van der Waals surface area (Å²) in [5.74, 6) is 0.255. The number of ether oxygens (including phenoxy) is 1. The van der Waals surface area contributed by atoms with Crippen molar-refractivity contribution in [2.45, 2.75) is 72.3 Å². The van der Waals surface area contributed by atoms with Crippen LogP contribution in [0.2, 0.25) is 0 Å². The SMILES string of the molecule is CCC(O)CCc1c(C)c(O)c(C)c(C)c1OCCCCC(=O)O. The lowest BCUT2D eigenvalue weighted by molar-refractivity contribution is -0.137. The van der Waals surface area contributed by atoms with Gasteiger partial charge in [0.25, 0.3) is 0 Å². The molecule has 0 aliphatic heterocycles. The number of hydrogen-bond acceptors (Lipinski definition) is 4. The monoisotopic (exact) mass is 338 g/mol. The number of rotatable bonds is 10. The van der Waals surface area contributed by atoms with Crippen LogP contribution in [0.4, 0.5) is 0 Å². The summed E-state index contributed by atoms with van der Waals surface area (Å²) in [6, 6.07) is 0. The molecule has 0 aromatic heterocycles. The Morgan fingerprint density at radius 2 is 1.79 bits per heavy atom. The molecule has 0 heterocycles. The molecule has 5 nitrogen and oxygen atoms in total. The highest BCUT2D eigenvalue weighted by molar-refractivity contribution is 5.66. The van der Waals surface area contributed by atoms with Crippen LogP contribution in [-0.4, -0.2) is 34.0 Å². The highest BCUT2D eigenvalue weighted by Gasteiger charge is 2.19. The van der Waals surface area contributed by atoms with Crippen LogP contribution in [0.3, 0.4) is 0 Å². The molecule has 136 valence electrons. The topological polar surface area (TPSA) is 87.0 Å². The van der Waals surface area contributed by atoms with Gasteiger partial charge >= 0.3 is 5.97 Å². The number of phenolic OH excluding ortho intramolecular Hbond substituents is 1. The Labute approximate surface area is 144 Å². The van der Waals surface area contributed by atoms with Crippen LogP contribution in [0.1, 0.15) is 61.3 Å². The van der Waals surface area contributed by atoms with Crippen LogP contribution in [0.5, 0.6) is 11.5 Å². The Bertz CT molecular complexity index is 566. The average Bonchev–Trinajstić information content (AvgIpc) is 2.55. The van der Waals surface area contributed by atoms with E-state index in [1.54, 1.807) is 0 Å².